The molecule has 1 aromatic heterocycles. The van der Waals surface area contributed by atoms with Gasteiger partial charge in [-0.2, -0.15) is 11.8 Å². The van der Waals surface area contributed by atoms with Gasteiger partial charge < -0.3 is 4.57 Å². The van der Waals surface area contributed by atoms with Crippen molar-refractivity contribution in [2.24, 2.45) is 0 Å². The van der Waals surface area contributed by atoms with E-state index >= 15 is 0 Å². The molecule has 2 aromatic rings. The van der Waals surface area contributed by atoms with Gasteiger partial charge in [-0.05, 0) is 43.7 Å². The predicted molar refractivity (Wildman–Crippen MR) is 79.6 cm³/mol. The summed E-state index contributed by atoms with van der Waals surface area (Å²) in [5.74, 6) is 2.91. The number of thioether (sulfide) groups is 1. The van der Waals surface area contributed by atoms with Crippen LogP contribution in [0.15, 0.2) is 18.2 Å². The number of halogens is 2. The monoisotopic (exact) mass is 298 g/mol. The molecular weight excluding hydrogens is 283 g/mol. The number of alkyl halides is 1. The molecular formula is C14H16ClFN2S. The third-order valence-corrected chi connectivity index (χ3v) is 4.93. The highest BCUT2D eigenvalue weighted by molar-refractivity contribution is 7.99. The summed E-state index contributed by atoms with van der Waals surface area (Å²) in [7, 11) is 0. The van der Waals surface area contributed by atoms with Crippen molar-refractivity contribution in [3.63, 3.8) is 0 Å². The fourth-order valence-electron chi connectivity index (χ4n) is 2.68. The minimum atomic E-state index is -0.217. The Labute approximate surface area is 121 Å². The molecule has 0 N–H and O–H groups in total. The molecule has 1 saturated heterocycles. The minimum absolute atomic E-state index is 0.164. The number of fused-ring (bicyclic) bond motifs is 1. The molecule has 19 heavy (non-hydrogen) atoms. The van der Waals surface area contributed by atoms with Gasteiger partial charge >= 0.3 is 0 Å². The van der Waals surface area contributed by atoms with E-state index in [0.29, 0.717) is 6.04 Å². The van der Waals surface area contributed by atoms with Crippen LogP contribution in [-0.4, -0.2) is 21.1 Å². The molecule has 0 bridgehead atoms. The highest BCUT2D eigenvalue weighted by Gasteiger charge is 2.23. The van der Waals surface area contributed by atoms with Gasteiger partial charge in [-0.1, -0.05) is 0 Å². The number of benzene rings is 1. The molecule has 0 amide bonds. The Morgan fingerprint density at radius 1 is 1.53 bits per heavy atom. The second-order valence-electron chi connectivity index (χ2n) is 4.96. The van der Waals surface area contributed by atoms with Crippen molar-refractivity contribution in [2.45, 2.75) is 31.2 Å². The van der Waals surface area contributed by atoms with Gasteiger partial charge in [0, 0.05) is 11.8 Å². The lowest BCUT2D eigenvalue weighted by Crippen LogP contribution is -2.18. The SMILES string of the molecule is CC(Cl)c1nc2ccc(F)cc2n1C1CCCSC1. The van der Waals surface area contributed by atoms with Crippen LogP contribution in [0.1, 0.15) is 37.0 Å². The normalized spacial score (nSPS) is 21.7. The number of aromatic nitrogens is 2. The van der Waals surface area contributed by atoms with Crippen molar-refractivity contribution in [3.05, 3.63) is 29.8 Å². The summed E-state index contributed by atoms with van der Waals surface area (Å²) < 4.78 is 15.7. The van der Waals surface area contributed by atoms with Crippen LogP contribution in [0.2, 0.25) is 0 Å². The van der Waals surface area contributed by atoms with Gasteiger partial charge in [-0.3, -0.25) is 0 Å². The maximum atomic E-state index is 13.5. The first-order valence-corrected chi connectivity index (χ1v) is 8.15. The van der Waals surface area contributed by atoms with Crippen molar-refractivity contribution >= 4 is 34.4 Å². The first-order chi connectivity index (χ1) is 9.16. The highest BCUT2D eigenvalue weighted by atomic mass is 35.5. The molecule has 5 heteroatoms. The number of hydrogen-bond acceptors (Lipinski definition) is 2. The largest absolute Gasteiger partial charge is 0.323 e. The molecule has 1 aliphatic rings. The van der Waals surface area contributed by atoms with Crippen LogP contribution in [0.3, 0.4) is 0 Å². The maximum absolute atomic E-state index is 13.5. The first kappa shape index (κ1) is 13.3. The summed E-state index contributed by atoms with van der Waals surface area (Å²) in [6.07, 6.45) is 2.31. The number of nitrogens with zero attached hydrogens (tertiary/aromatic N) is 2. The van der Waals surface area contributed by atoms with Gasteiger partial charge in [-0.25, -0.2) is 9.37 Å². The van der Waals surface area contributed by atoms with Crippen molar-refractivity contribution in [3.8, 4) is 0 Å². The lowest BCUT2D eigenvalue weighted by atomic mass is 10.1. The smallest absolute Gasteiger partial charge is 0.128 e. The van der Waals surface area contributed by atoms with E-state index < -0.39 is 0 Å². The third kappa shape index (κ3) is 2.48. The van der Waals surface area contributed by atoms with Crippen LogP contribution in [0, 0.1) is 5.82 Å². The Morgan fingerprint density at radius 3 is 3.05 bits per heavy atom. The topological polar surface area (TPSA) is 17.8 Å². The molecule has 0 saturated carbocycles. The summed E-state index contributed by atoms with van der Waals surface area (Å²) >= 11 is 8.20. The van der Waals surface area contributed by atoms with Crippen LogP contribution >= 0.6 is 23.4 Å². The zero-order valence-electron chi connectivity index (χ0n) is 10.8. The van der Waals surface area contributed by atoms with Gasteiger partial charge in [0.05, 0.1) is 16.4 Å². The van der Waals surface area contributed by atoms with Gasteiger partial charge in [0.1, 0.15) is 11.6 Å². The minimum Gasteiger partial charge on any atom is -0.323 e. The molecule has 0 radical (unpaired) electrons. The second kappa shape index (κ2) is 5.33. The Kier molecular flexibility index (Phi) is 3.72. The summed E-state index contributed by atoms with van der Waals surface area (Å²) in [5.41, 5.74) is 1.70. The number of hydrogen-bond donors (Lipinski definition) is 0. The zero-order valence-corrected chi connectivity index (χ0v) is 12.3. The Bertz CT molecular complexity index is 590. The lowest BCUT2D eigenvalue weighted by Gasteiger charge is -2.25. The van der Waals surface area contributed by atoms with Gasteiger partial charge in [0.25, 0.3) is 0 Å². The molecule has 0 spiro atoms. The molecule has 0 aliphatic carbocycles. The lowest BCUT2D eigenvalue weighted by molar-refractivity contribution is 0.493. The molecule has 2 atom stereocenters. The second-order valence-corrected chi connectivity index (χ2v) is 6.76. The van der Waals surface area contributed by atoms with E-state index in [1.54, 1.807) is 12.1 Å². The van der Waals surface area contributed by atoms with Crippen LogP contribution in [0.25, 0.3) is 11.0 Å². The zero-order chi connectivity index (χ0) is 13.4. The van der Waals surface area contributed by atoms with Gasteiger partial charge in [-0.15, -0.1) is 11.6 Å². The van der Waals surface area contributed by atoms with Crippen molar-refractivity contribution < 1.29 is 4.39 Å². The quantitative estimate of drug-likeness (QED) is 0.757. The number of imidazole rings is 1. The third-order valence-electron chi connectivity index (χ3n) is 3.54. The molecule has 102 valence electrons. The van der Waals surface area contributed by atoms with Crippen molar-refractivity contribution in [2.75, 3.05) is 11.5 Å². The van der Waals surface area contributed by atoms with Crippen LogP contribution < -0.4 is 0 Å². The van der Waals surface area contributed by atoms with Gasteiger partial charge in [0.2, 0.25) is 0 Å². The number of rotatable bonds is 2. The van der Waals surface area contributed by atoms with E-state index in [1.165, 1.54) is 18.2 Å². The highest BCUT2D eigenvalue weighted by Crippen LogP contribution is 2.34. The fourth-order valence-corrected chi connectivity index (χ4v) is 3.96. The standard InChI is InChI=1S/C14H16ClFN2S/c1-9(15)14-17-12-5-4-10(16)7-13(12)18(14)11-3-2-6-19-8-11/h4-5,7,9,11H,2-3,6,8H2,1H3. The van der Waals surface area contributed by atoms with Crippen molar-refractivity contribution in [1.82, 2.24) is 9.55 Å². The van der Waals surface area contributed by atoms with E-state index in [1.807, 2.05) is 18.7 Å². The average molecular weight is 299 g/mol. The summed E-state index contributed by atoms with van der Waals surface area (Å²) in [5, 5.41) is -0.164. The fraction of sp³-hybridized carbons (Fsp3) is 0.500. The summed E-state index contributed by atoms with van der Waals surface area (Å²) in [6.45, 7) is 1.92. The van der Waals surface area contributed by atoms with Crippen LogP contribution in [0.4, 0.5) is 4.39 Å². The Morgan fingerprint density at radius 2 is 2.37 bits per heavy atom. The van der Waals surface area contributed by atoms with E-state index in [0.717, 1.165) is 29.0 Å². The van der Waals surface area contributed by atoms with Crippen LogP contribution in [-0.2, 0) is 0 Å². The van der Waals surface area contributed by atoms with E-state index in [2.05, 4.69) is 9.55 Å². The van der Waals surface area contributed by atoms with Gasteiger partial charge in [0.15, 0.2) is 0 Å². The van der Waals surface area contributed by atoms with E-state index in [4.69, 9.17) is 11.6 Å². The predicted octanol–water partition coefficient (Wildman–Crippen LogP) is 4.54. The molecule has 2 heterocycles. The van der Waals surface area contributed by atoms with E-state index in [9.17, 15) is 4.39 Å². The molecule has 1 aromatic carbocycles. The molecule has 3 rings (SSSR count). The molecule has 2 nitrogen and oxygen atoms in total. The summed E-state index contributed by atoms with van der Waals surface area (Å²) in [4.78, 5) is 4.58. The van der Waals surface area contributed by atoms with Crippen LogP contribution in [0.5, 0.6) is 0 Å². The molecule has 1 aliphatic heterocycles. The Balaban J connectivity index is 2.17. The van der Waals surface area contributed by atoms with Crippen molar-refractivity contribution in [1.29, 1.82) is 0 Å². The van der Waals surface area contributed by atoms with E-state index in [-0.39, 0.29) is 11.2 Å². The summed E-state index contributed by atoms with van der Waals surface area (Å²) in [6, 6.07) is 5.14. The average Bonchev–Trinajstić information content (AvgIpc) is 2.78. The maximum Gasteiger partial charge on any atom is 0.128 e. The first-order valence-electron chi connectivity index (χ1n) is 6.56. The molecule has 1 fully saturated rings. The molecule has 2 unspecified atom stereocenters. The Hall–Kier alpha value is -0.740.